The van der Waals surface area contributed by atoms with Crippen molar-refractivity contribution in [2.45, 2.75) is 155 Å². The van der Waals surface area contributed by atoms with Crippen molar-refractivity contribution in [1.29, 1.82) is 0 Å². The van der Waals surface area contributed by atoms with Crippen LogP contribution in [0.25, 0.3) is 0 Å². The molecule has 30 heavy (non-hydrogen) atoms. The van der Waals surface area contributed by atoms with Crippen LogP contribution in [-0.4, -0.2) is 18.2 Å². The lowest BCUT2D eigenvalue weighted by atomic mass is 10.1. The fourth-order valence-corrected chi connectivity index (χ4v) is 3.67. The van der Waals surface area contributed by atoms with E-state index in [-0.39, 0.29) is 11.9 Å². The summed E-state index contributed by atoms with van der Waals surface area (Å²) in [4.78, 5) is 23.7. The molecule has 0 aliphatic heterocycles. The summed E-state index contributed by atoms with van der Waals surface area (Å²) in [7, 11) is 0. The standard InChI is InChI=1S/C26H50O4/c1-4-6-8-10-12-14-16-18-20-22-25(27)29-24(3)30-26(28)23-21-19-17-15-13-11-9-7-5-2/h24H,4-23H2,1-3H3. The predicted octanol–water partition coefficient (Wildman–Crippen LogP) is 8.26. The van der Waals surface area contributed by atoms with Crippen molar-refractivity contribution in [2.24, 2.45) is 0 Å². The molecule has 0 saturated heterocycles. The second-order valence-corrected chi connectivity index (χ2v) is 8.70. The minimum Gasteiger partial charge on any atom is -0.425 e. The van der Waals surface area contributed by atoms with Gasteiger partial charge in [0.2, 0.25) is 6.29 Å². The Morgan fingerprint density at radius 1 is 0.500 bits per heavy atom. The number of ether oxygens (including phenoxy) is 2. The van der Waals surface area contributed by atoms with E-state index in [0.29, 0.717) is 12.8 Å². The van der Waals surface area contributed by atoms with Crippen LogP contribution in [0.15, 0.2) is 0 Å². The van der Waals surface area contributed by atoms with Crippen LogP contribution in [0.4, 0.5) is 0 Å². The van der Waals surface area contributed by atoms with Gasteiger partial charge in [0, 0.05) is 19.8 Å². The van der Waals surface area contributed by atoms with E-state index in [1.165, 1.54) is 89.9 Å². The van der Waals surface area contributed by atoms with Gasteiger partial charge in [-0.25, -0.2) is 0 Å². The van der Waals surface area contributed by atoms with E-state index in [9.17, 15) is 9.59 Å². The average Bonchev–Trinajstić information content (AvgIpc) is 2.71. The van der Waals surface area contributed by atoms with E-state index in [2.05, 4.69) is 13.8 Å². The molecule has 0 N–H and O–H groups in total. The highest BCUT2D eigenvalue weighted by Crippen LogP contribution is 2.13. The first-order valence-electron chi connectivity index (χ1n) is 13.0. The molecule has 0 atom stereocenters. The van der Waals surface area contributed by atoms with E-state index in [4.69, 9.17) is 9.47 Å². The first kappa shape index (κ1) is 28.9. The average molecular weight is 427 g/mol. The molecule has 0 bridgehead atoms. The predicted molar refractivity (Wildman–Crippen MR) is 125 cm³/mol. The van der Waals surface area contributed by atoms with Crippen LogP contribution in [0.3, 0.4) is 0 Å². The molecule has 0 aliphatic carbocycles. The Balaban J connectivity index is 3.48. The molecule has 0 fully saturated rings. The molecule has 0 aromatic carbocycles. The summed E-state index contributed by atoms with van der Waals surface area (Å²) in [5.74, 6) is -0.525. The van der Waals surface area contributed by atoms with Gasteiger partial charge in [0.25, 0.3) is 0 Å². The topological polar surface area (TPSA) is 52.6 Å². The van der Waals surface area contributed by atoms with E-state index in [1.54, 1.807) is 6.92 Å². The van der Waals surface area contributed by atoms with Crippen LogP contribution in [-0.2, 0) is 19.1 Å². The second kappa shape index (κ2) is 22.6. The Morgan fingerprint density at radius 2 is 0.767 bits per heavy atom. The quantitative estimate of drug-likeness (QED) is 0.0993. The van der Waals surface area contributed by atoms with Crippen molar-refractivity contribution in [3.8, 4) is 0 Å². The zero-order valence-electron chi connectivity index (χ0n) is 20.4. The van der Waals surface area contributed by atoms with E-state index < -0.39 is 6.29 Å². The number of carbonyl (C=O) groups is 2. The molecule has 4 heteroatoms. The van der Waals surface area contributed by atoms with Crippen LogP contribution in [0, 0.1) is 0 Å². The Morgan fingerprint density at radius 3 is 1.07 bits per heavy atom. The van der Waals surface area contributed by atoms with E-state index in [0.717, 1.165) is 25.7 Å². The fourth-order valence-electron chi connectivity index (χ4n) is 3.67. The molecular formula is C26H50O4. The van der Waals surface area contributed by atoms with Crippen LogP contribution in [0.2, 0.25) is 0 Å². The highest BCUT2D eigenvalue weighted by molar-refractivity contribution is 5.71. The zero-order chi connectivity index (χ0) is 22.3. The summed E-state index contributed by atoms with van der Waals surface area (Å²) in [5, 5.41) is 0. The number of hydrogen-bond acceptors (Lipinski definition) is 4. The van der Waals surface area contributed by atoms with Crippen LogP contribution in [0.1, 0.15) is 149 Å². The lowest BCUT2D eigenvalue weighted by molar-refractivity contribution is -0.184. The van der Waals surface area contributed by atoms with Gasteiger partial charge in [0.1, 0.15) is 0 Å². The molecular weight excluding hydrogens is 376 g/mol. The molecule has 178 valence electrons. The molecule has 0 saturated carbocycles. The summed E-state index contributed by atoms with van der Waals surface area (Å²) in [6, 6.07) is 0. The van der Waals surface area contributed by atoms with Crippen molar-refractivity contribution >= 4 is 11.9 Å². The van der Waals surface area contributed by atoms with Gasteiger partial charge in [-0.1, -0.05) is 117 Å². The third-order valence-electron chi connectivity index (χ3n) is 5.56. The number of rotatable bonds is 22. The van der Waals surface area contributed by atoms with Gasteiger partial charge in [0.05, 0.1) is 0 Å². The maximum absolute atomic E-state index is 11.9. The highest BCUT2D eigenvalue weighted by atomic mass is 16.7. The number of hydrogen-bond donors (Lipinski definition) is 0. The van der Waals surface area contributed by atoms with Crippen molar-refractivity contribution in [2.75, 3.05) is 0 Å². The van der Waals surface area contributed by atoms with Gasteiger partial charge in [0.15, 0.2) is 0 Å². The van der Waals surface area contributed by atoms with Gasteiger partial charge in [-0.2, -0.15) is 0 Å². The van der Waals surface area contributed by atoms with Crippen molar-refractivity contribution in [3.05, 3.63) is 0 Å². The Hall–Kier alpha value is -1.06. The van der Waals surface area contributed by atoms with Crippen molar-refractivity contribution in [3.63, 3.8) is 0 Å². The molecule has 0 radical (unpaired) electrons. The summed E-state index contributed by atoms with van der Waals surface area (Å²) in [6.45, 7) is 6.10. The first-order chi connectivity index (χ1) is 14.6. The third-order valence-corrected chi connectivity index (χ3v) is 5.56. The molecule has 4 nitrogen and oxygen atoms in total. The van der Waals surface area contributed by atoms with Crippen molar-refractivity contribution in [1.82, 2.24) is 0 Å². The number of esters is 2. The second-order valence-electron chi connectivity index (χ2n) is 8.70. The first-order valence-corrected chi connectivity index (χ1v) is 13.0. The van der Waals surface area contributed by atoms with Gasteiger partial charge in [-0.3, -0.25) is 9.59 Å². The number of unbranched alkanes of at least 4 members (excludes halogenated alkanes) is 16. The minimum absolute atomic E-state index is 0.263. The molecule has 0 unspecified atom stereocenters. The van der Waals surface area contributed by atoms with Crippen molar-refractivity contribution < 1.29 is 19.1 Å². The normalized spacial score (nSPS) is 11.1. The van der Waals surface area contributed by atoms with Gasteiger partial charge in [-0.05, 0) is 12.8 Å². The Kier molecular flexibility index (Phi) is 21.8. The summed E-state index contributed by atoms with van der Waals surface area (Å²) >= 11 is 0. The molecule has 0 aliphatic rings. The monoisotopic (exact) mass is 426 g/mol. The SMILES string of the molecule is CCCCCCCCCCCC(=O)OC(C)OC(=O)CCCCCCCCCCC. The molecule has 0 rings (SSSR count). The van der Waals surface area contributed by atoms with E-state index in [1.807, 2.05) is 0 Å². The zero-order valence-corrected chi connectivity index (χ0v) is 20.4. The molecule has 0 amide bonds. The van der Waals surface area contributed by atoms with Crippen LogP contribution >= 0.6 is 0 Å². The lowest BCUT2D eigenvalue weighted by Crippen LogP contribution is -2.21. The Bertz CT molecular complexity index is 358. The van der Waals surface area contributed by atoms with Gasteiger partial charge < -0.3 is 9.47 Å². The van der Waals surface area contributed by atoms with Crippen LogP contribution in [0.5, 0.6) is 0 Å². The lowest BCUT2D eigenvalue weighted by Gasteiger charge is -2.14. The fraction of sp³-hybridized carbons (Fsp3) is 0.923. The summed E-state index contributed by atoms with van der Waals surface area (Å²) in [5.41, 5.74) is 0. The molecule has 0 aromatic rings. The highest BCUT2D eigenvalue weighted by Gasteiger charge is 2.13. The smallest absolute Gasteiger partial charge is 0.308 e. The maximum Gasteiger partial charge on any atom is 0.308 e. The third kappa shape index (κ3) is 21.6. The molecule has 0 spiro atoms. The Labute approximate surface area is 186 Å². The summed E-state index contributed by atoms with van der Waals surface area (Å²) in [6.07, 6.45) is 22.0. The van der Waals surface area contributed by atoms with Gasteiger partial charge >= 0.3 is 11.9 Å². The number of carbonyl (C=O) groups excluding carboxylic acids is 2. The summed E-state index contributed by atoms with van der Waals surface area (Å²) < 4.78 is 10.4. The maximum atomic E-state index is 11.9. The largest absolute Gasteiger partial charge is 0.425 e. The minimum atomic E-state index is -0.776. The van der Waals surface area contributed by atoms with Gasteiger partial charge in [-0.15, -0.1) is 0 Å². The van der Waals surface area contributed by atoms with Crippen LogP contribution < -0.4 is 0 Å². The van der Waals surface area contributed by atoms with E-state index >= 15 is 0 Å². The molecule has 0 aromatic heterocycles. The molecule has 0 heterocycles.